The van der Waals surface area contributed by atoms with Gasteiger partial charge in [-0.25, -0.2) is 0 Å². The summed E-state index contributed by atoms with van der Waals surface area (Å²) in [6.45, 7) is 1.47. The zero-order valence-corrected chi connectivity index (χ0v) is 10.8. The quantitative estimate of drug-likeness (QED) is 0.820. The molecule has 2 unspecified atom stereocenters. The second kappa shape index (κ2) is 4.68. The number of hydrogen-bond acceptors (Lipinski definition) is 4. The van der Waals surface area contributed by atoms with Gasteiger partial charge in [-0.05, 0) is 18.8 Å². The molecule has 0 spiro atoms. The maximum Gasteiger partial charge on any atom is 0.265 e. The number of carbonyl (C=O) groups excluding carboxylic acids is 2. The summed E-state index contributed by atoms with van der Waals surface area (Å²) in [5.41, 5.74) is 1.68. The SMILES string of the molecule is O=C1CCC2CN(C(=O)c3cncs3)CCC2N1. The normalized spacial score (nSPS) is 27.6. The molecular formula is C12H15N3O2S. The topological polar surface area (TPSA) is 62.3 Å². The van der Waals surface area contributed by atoms with Gasteiger partial charge in [-0.1, -0.05) is 0 Å². The molecule has 2 atom stereocenters. The highest BCUT2D eigenvalue weighted by Crippen LogP contribution is 2.26. The van der Waals surface area contributed by atoms with E-state index in [0.29, 0.717) is 17.2 Å². The van der Waals surface area contributed by atoms with Gasteiger partial charge in [0.1, 0.15) is 4.88 Å². The van der Waals surface area contributed by atoms with E-state index in [2.05, 4.69) is 10.3 Å². The van der Waals surface area contributed by atoms with Crippen LogP contribution in [-0.4, -0.2) is 40.8 Å². The van der Waals surface area contributed by atoms with Crippen LogP contribution in [-0.2, 0) is 4.79 Å². The first kappa shape index (κ1) is 11.6. The third-order valence-electron chi connectivity index (χ3n) is 3.75. The molecule has 18 heavy (non-hydrogen) atoms. The van der Waals surface area contributed by atoms with Crippen LogP contribution in [0.3, 0.4) is 0 Å². The molecule has 96 valence electrons. The maximum absolute atomic E-state index is 12.2. The van der Waals surface area contributed by atoms with Crippen molar-refractivity contribution in [1.82, 2.24) is 15.2 Å². The van der Waals surface area contributed by atoms with Crippen molar-refractivity contribution >= 4 is 23.2 Å². The van der Waals surface area contributed by atoms with Crippen molar-refractivity contribution in [3.8, 4) is 0 Å². The zero-order chi connectivity index (χ0) is 12.5. The van der Waals surface area contributed by atoms with Crippen LogP contribution >= 0.6 is 11.3 Å². The first-order valence-corrected chi connectivity index (χ1v) is 7.09. The summed E-state index contributed by atoms with van der Waals surface area (Å²) in [6.07, 6.45) is 3.97. The lowest BCUT2D eigenvalue weighted by molar-refractivity contribution is -0.125. The van der Waals surface area contributed by atoms with Gasteiger partial charge in [-0.15, -0.1) is 11.3 Å². The predicted octanol–water partition coefficient (Wildman–Crippen LogP) is 0.884. The van der Waals surface area contributed by atoms with Crippen LogP contribution in [0, 0.1) is 5.92 Å². The Labute approximate surface area is 109 Å². The van der Waals surface area contributed by atoms with Crippen molar-refractivity contribution in [3.63, 3.8) is 0 Å². The second-order valence-electron chi connectivity index (χ2n) is 4.88. The predicted molar refractivity (Wildman–Crippen MR) is 67.3 cm³/mol. The third kappa shape index (κ3) is 2.12. The first-order valence-electron chi connectivity index (χ1n) is 6.21. The summed E-state index contributed by atoms with van der Waals surface area (Å²) < 4.78 is 0. The van der Waals surface area contributed by atoms with Crippen molar-refractivity contribution in [2.45, 2.75) is 25.3 Å². The number of rotatable bonds is 1. The van der Waals surface area contributed by atoms with E-state index in [1.807, 2.05) is 4.90 Å². The lowest BCUT2D eigenvalue weighted by Crippen LogP contribution is -2.55. The highest BCUT2D eigenvalue weighted by Gasteiger charge is 2.35. The van der Waals surface area contributed by atoms with Gasteiger partial charge in [-0.3, -0.25) is 14.6 Å². The Morgan fingerprint density at radius 2 is 2.39 bits per heavy atom. The number of aromatic nitrogens is 1. The molecular weight excluding hydrogens is 250 g/mol. The standard InChI is InChI=1S/C12H15N3O2S/c16-11-2-1-8-6-15(4-3-9(8)14-11)12(17)10-5-13-7-18-10/h5,7-9H,1-4,6H2,(H,14,16). The number of thiazole rings is 1. The van der Waals surface area contributed by atoms with Gasteiger partial charge in [-0.2, -0.15) is 0 Å². The lowest BCUT2D eigenvalue weighted by atomic mass is 9.85. The Bertz CT molecular complexity index is 460. The molecule has 0 radical (unpaired) electrons. The average molecular weight is 265 g/mol. The smallest absolute Gasteiger partial charge is 0.265 e. The fraction of sp³-hybridized carbons (Fsp3) is 0.583. The van der Waals surface area contributed by atoms with E-state index in [9.17, 15) is 9.59 Å². The molecule has 3 heterocycles. The highest BCUT2D eigenvalue weighted by atomic mass is 32.1. The van der Waals surface area contributed by atoms with E-state index in [1.54, 1.807) is 11.7 Å². The molecule has 2 fully saturated rings. The molecule has 0 aromatic carbocycles. The van der Waals surface area contributed by atoms with Crippen molar-refractivity contribution in [1.29, 1.82) is 0 Å². The molecule has 5 nitrogen and oxygen atoms in total. The van der Waals surface area contributed by atoms with E-state index in [1.165, 1.54) is 11.3 Å². The van der Waals surface area contributed by atoms with Crippen LogP contribution in [0.25, 0.3) is 0 Å². The number of hydrogen-bond donors (Lipinski definition) is 1. The summed E-state index contributed by atoms with van der Waals surface area (Å²) in [6, 6.07) is 0.261. The molecule has 0 aliphatic carbocycles. The minimum Gasteiger partial charge on any atom is -0.353 e. The number of piperidine rings is 2. The molecule has 1 aromatic rings. The van der Waals surface area contributed by atoms with Crippen LogP contribution in [0.5, 0.6) is 0 Å². The van der Waals surface area contributed by atoms with E-state index in [-0.39, 0.29) is 17.9 Å². The molecule has 2 aliphatic heterocycles. The van der Waals surface area contributed by atoms with Crippen LogP contribution in [0.4, 0.5) is 0 Å². The van der Waals surface area contributed by atoms with E-state index >= 15 is 0 Å². The fourth-order valence-corrected chi connectivity index (χ4v) is 3.36. The fourth-order valence-electron chi connectivity index (χ4n) is 2.77. The molecule has 0 saturated carbocycles. The molecule has 1 N–H and O–H groups in total. The average Bonchev–Trinajstić information content (AvgIpc) is 2.91. The molecule has 1 aromatic heterocycles. The number of nitrogens with zero attached hydrogens (tertiary/aromatic N) is 2. The second-order valence-corrected chi connectivity index (χ2v) is 5.76. The highest BCUT2D eigenvalue weighted by molar-refractivity contribution is 7.11. The van der Waals surface area contributed by atoms with Crippen molar-refractivity contribution in [3.05, 3.63) is 16.6 Å². The summed E-state index contributed by atoms with van der Waals surface area (Å²) >= 11 is 1.38. The molecule has 0 bridgehead atoms. The Balaban J connectivity index is 1.67. The largest absolute Gasteiger partial charge is 0.353 e. The minimum absolute atomic E-state index is 0.0767. The Morgan fingerprint density at radius 3 is 3.17 bits per heavy atom. The summed E-state index contributed by atoms with van der Waals surface area (Å²) in [4.78, 5) is 30.1. The van der Waals surface area contributed by atoms with Gasteiger partial charge in [0, 0.05) is 25.6 Å². The summed E-state index contributed by atoms with van der Waals surface area (Å²) in [5, 5.41) is 3.03. The number of carbonyl (C=O) groups is 2. The Kier molecular flexibility index (Phi) is 3.03. The van der Waals surface area contributed by atoms with Crippen LogP contribution < -0.4 is 5.32 Å². The Hall–Kier alpha value is -1.43. The number of fused-ring (bicyclic) bond motifs is 1. The van der Waals surface area contributed by atoms with Crippen molar-refractivity contribution in [2.75, 3.05) is 13.1 Å². The Morgan fingerprint density at radius 1 is 1.50 bits per heavy atom. The van der Waals surface area contributed by atoms with Gasteiger partial charge in [0.15, 0.2) is 0 Å². The number of amides is 2. The molecule has 3 rings (SSSR count). The minimum atomic E-state index is 0.0767. The van der Waals surface area contributed by atoms with Crippen LogP contribution in [0.15, 0.2) is 11.7 Å². The van der Waals surface area contributed by atoms with Crippen molar-refractivity contribution in [2.24, 2.45) is 5.92 Å². The maximum atomic E-state index is 12.2. The number of nitrogens with one attached hydrogen (secondary N) is 1. The van der Waals surface area contributed by atoms with Gasteiger partial charge in [0.05, 0.1) is 11.7 Å². The summed E-state index contributed by atoms with van der Waals surface area (Å²) in [5.74, 6) is 0.639. The van der Waals surface area contributed by atoms with Crippen LogP contribution in [0.2, 0.25) is 0 Å². The summed E-state index contributed by atoms with van der Waals surface area (Å²) in [7, 11) is 0. The van der Waals surface area contributed by atoms with Gasteiger partial charge in [0.25, 0.3) is 5.91 Å². The third-order valence-corrected chi connectivity index (χ3v) is 4.51. The molecule has 6 heteroatoms. The van der Waals surface area contributed by atoms with Gasteiger partial charge >= 0.3 is 0 Å². The first-order chi connectivity index (χ1) is 8.74. The van der Waals surface area contributed by atoms with Gasteiger partial charge < -0.3 is 10.2 Å². The molecule has 2 amide bonds. The van der Waals surface area contributed by atoms with Crippen LogP contribution in [0.1, 0.15) is 28.9 Å². The van der Waals surface area contributed by atoms with E-state index in [0.717, 1.165) is 25.9 Å². The molecule has 2 aliphatic rings. The number of likely N-dealkylation sites (tertiary alicyclic amines) is 1. The van der Waals surface area contributed by atoms with E-state index < -0.39 is 0 Å². The molecule has 2 saturated heterocycles. The van der Waals surface area contributed by atoms with Crippen molar-refractivity contribution < 1.29 is 9.59 Å². The van der Waals surface area contributed by atoms with Gasteiger partial charge in [0.2, 0.25) is 5.91 Å². The monoisotopic (exact) mass is 265 g/mol. The van der Waals surface area contributed by atoms with E-state index in [4.69, 9.17) is 0 Å². The zero-order valence-electron chi connectivity index (χ0n) is 9.96. The lowest BCUT2D eigenvalue weighted by Gasteiger charge is -2.41.